The van der Waals surface area contributed by atoms with Gasteiger partial charge in [-0.2, -0.15) is 0 Å². The fourth-order valence-electron chi connectivity index (χ4n) is 1.81. The van der Waals surface area contributed by atoms with Crippen LogP contribution in [-0.2, 0) is 11.3 Å². The molecule has 0 saturated heterocycles. The molecule has 0 heterocycles. The van der Waals surface area contributed by atoms with Crippen molar-refractivity contribution in [3.63, 3.8) is 0 Å². The van der Waals surface area contributed by atoms with Gasteiger partial charge in [-0.05, 0) is 17.9 Å². The lowest BCUT2D eigenvalue weighted by atomic mass is 10.1. The Morgan fingerprint density at radius 3 is 2.38 bits per heavy atom. The standard InChI is InChI=1S/C15H23N3O3/c1-11(2)9-13(18-15(20)21-3)17-14(19)16-10-12-7-5-4-6-8-12/h4-8,11,13H,9-10H2,1-3H3,(H,18,20)(H2,16,17,19)/t13-/m0/s1. The summed E-state index contributed by atoms with van der Waals surface area (Å²) in [6, 6.07) is 9.27. The third-order valence-electron chi connectivity index (χ3n) is 2.79. The highest BCUT2D eigenvalue weighted by molar-refractivity contribution is 5.75. The molecule has 21 heavy (non-hydrogen) atoms. The van der Waals surface area contributed by atoms with Crippen LogP contribution in [0.2, 0.25) is 0 Å². The lowest BCUT2D eigenvalue weighted by Gasteiger charge is -2.21. The van der Waals surface area contributed by atoms with E-state index in [9.17, 15) is 9.59 Å². The number of nitrogens with one attached hydrogen (secondary N) is 3. The van der Waals surface area contributed by atoms with Crippen molar-refractivity contribution in [2.24, 2.45) is 5.92 Å². The van der Waals surface area contributed by atoms with Crippen molar-refractivity contribution < 1.29 is 14.3 Å². The average molecular weight is 293 g/mol. The largest absolute Gasteiger partial charge is 0.453 e. The van der Waals surface area contributed by atoms with E-state index in [1.807, 2.05) is 44.2 Å². The second-order valence-corrected chi connectivity index (χ2v) is 5.13. The van der Waals surface area contributed by atoms with Gasteiger partial charge in [0, 0.05) is 6.54 Å². The monoisotopic (exact) mass is 293 g/mol. The Kier molecular flexibility index (Phi) is 7.08. The van der Waals surface area contributed by atoms with Crippen LogP contribution in [0.15, 0.2) is 30.3 Å². The molecule has 116 valence electrons. The maximum atomic E-state index is 11.9. The molecule has 0 aromatic heterocycles. The first-order valence-corrected chi connectivity index (χ1v) is 6.94. The summed E-state index contributed by atoms with van der Waals surface area (Å²) in [6.45, 7) is 4.45. The van der Waals surface area contributed by atoms with Gasteiger partial charge in [-0.25, -0.2) is 9.59 Å². The van der Waals surface area contributed by atoms with E-state index < -0.39 is 12.3 Å². The Hall–Kier alpha value is -2.24. The van der Waals surface area contributed by atoms with Crippen LogP contribution in [0.3, 0.4) is 0 Å². The van der Waals surface area contributed by atoms with Gasteiger partial charge in [0.25, 0.3) is 0 Å². The second kappa shape index (κ2) is 8.84. The molecule has 0 saturated carbocycles. The third-order valence-corrected chi connectivity index (χ3v) is 2.79. The molecule has 1 atom stereocenters. The van der Waals surface area contributed by atoms with Crippen molar-refractivity contribution in [3.8, 4) is 0 Å². The Balaban J connectivity index is 2.45. The predicted molar refractivity (Wildman–Crippen MR) is 80.6 cm³/mol. The molecule has 6 nitrogen and oxygen atoms in total. The lowest BCUT2D eigenvalue weighted by molar-refractivity contribution is 0.162. The SMILES string of the molecule is COC(=O)N[C@@H](CC(C)C)NC(=O)NCc1ccccc1. The van der Waals surface area contributed by atoms with Crippen LogP contribution in [-0.4, -0.2) is 25.4 Å². The maximum absolute atomic E-state index is 11.9. The number of methoxy groups -OCH3 is 1. The normalized spacial score (nSPS) is 11.6. The highest BCUT2D eigenvalue weighted by Crippen LogP contribution is 2.03. The van der Waals surface area contributed by atoms with E-state index in [0.29, 0.717) is 18.9 Å². The van der Waals surface area contributed by atoms with Crippen molar-refractivity contribution in [2.45, 2.75) is 33.0 Å². The van der Waals surface area contributed by atoms with E-state index >= 15 is 0 Å². The number of hydrogen-bond acceptors (Lipinski definition) is 3. The Morgan fingerprint density at radius 2 is 1.81 bits per heavy atom. The van der Waals surface area contributed by atoms with Crippen molar-refractivity contribution in [1.29, 1.82) is 0 Å². The molecule has 6 heteroatoms. The number of urea groups is 1. The van der Waals surface area contributed by atoms with Gasteiger partial charge >= 0.3 is 12.1 Å². The van der Waals surface area contributed by atoms with Crippen LogP contribution in [0.25, 0.3) is 0 Å². The lowest BCUT2D eigenvalue weighted by Crippen LogP contribution is -2.51. The van der Waals surface area contributed by atoms with E-state index in [4.69, 9.17) is 0 Å². The number of alkyl carbamates (subject to hydrolysis) is 1. The molecule has 1 aromatic rings. The molecule has 3 amide bonds. The van der Waals surface area contributed by atoms with Gasteiger partial charge in [-0.3, -0.25) is 0 Å². The van der Waals surface area contributed by atoms with E-state index in [2.05, 4.69) is 20.7 Å². The first kappa shape index (κ1) is 16.8. The van der Waals surface area contributed by atoms with Crippen LogP contribution >= 0.6 is 0 Å². The predicted octanol–water partition coefficient (Wildman–Crippen LogP) is 2.21. The van der Waals surface area contributed by atoms with Crippen molar-refractivity contribution in [2.75, 3.05) is 7.11 Å². The number of ether oxygens (including phenoxy) is 1. The molecule has 0 radical (unpaired) electrons. The Bertz CT molecular complexity index is 449. The van der Waals surface area contributed by atoms with Crippen molar-refractivity contribution in [1.82, 2.24) is 16.0 Å². The molecule has 1 rings (SSSR count). The van der Waals surface area contributed by atoms with E-state index in [1.165, 1.54) is 7.11 Å². The van der Waals surface area contributed by atoms with Gasteiger partial charge in [0.15, 0.2) is 0 Å². The summed E-state index contributed by atoms with van der Waals surface area (Å²) in [5.74, 6) is 0.321. The first-order valence-electron chi connectivity index (χ1n) is 6.94. The van der Waals surface area contributed by atoms with E-state index in [-0.39, 0.29) is 6.03 Å². The fraction of sp³-hybridized carbons (Fsp3) is 0.467. The zero-order valence-corrected chi connectivity index (χ0v) is 12.7. The van der Waals surface area contributed by atoms with Crippen LogP contribution in [0.1, 0.15) is 25.8 Å². The number of amides is 3. The molecule has 0 bridgehead atoms. The zero-order chi connectivity index (χ0) is 15.7. The molecular weight excluding hydrogens is 270 g/mol. The summed E-state index contributed by atoms with van der Waals surface area (Å²) in [5, 5.41) is 8.07. The zero-order valence-electron chi connectivity index (χ0n) is 12.7. The minimum Gasteiger partial charge on any atom is -0.453 e. The Labute approximate surface area is 125 Å². The van der Waals surface area contributed by atoms with Gasteiger partial charge in [0.05, 0.1) is 7.11 Å². The summed E-state index contributed by atoms with van der Waals surface area (Å²) in [6.07, 6.45) is -0.411. The molecule has 0 aliphatic rings. The molecule has 0 unspecified atom stereocenters. The molecule has 0 fully saturated rings. The smallest absolute Gasteiger partial charge is 0.408 e. The van der Waals surface area contributed by atoms with Crippen LogP contribution in [0.4, 0.5) is 9.59 Å². The second-order valence-electron chi connectivity index (χ2n) is 5.13. The number of carbonyl (C=O) groups excluding carboxylic acids is 2. The minimum absolute atomic E-state index is 0.321. The number of rotatable bonds is 6. The summed E-state index contributed by atoms with van der Waals surface area (Å²) < 4.78 is 4.55. The third kappa shape index (κ3) is 7.20. The highest BCUT2D eigenvalue weighted by atomic mass is 16.5. The molecule has 0 spiro atoms. The average Bonchev–Trinajstić information content (AvgIpc) is 2.45. The number of carbonyl (C=O) groups is 2. The summed E-state index contributed by atoms with van der Waals surface area (Å²) >= 11 is 0. The summed E-state index contributed by atoms with van der Waals surface area (Å²) in [7, 11) is 1.29. The fourth-order valence-corrected chi connectivity index (χ4v) is 1.81. The highest BCUT2D eigenvalue weighted by Gasteiger charge is 2.16. The topological polar surface area (TPSA) is 79.5 Å². The first-order chi connectivity index (χ1) is 10.0. The Morgan fingerprint density at radius 1 is 1.14 bits per heavy atom. The summed E-state index contributed by atoms with van der Waals surface area (Å²) in [4.78, 5) is 23.1. The molecular formula is C15H23N3O3. The van der Waals surface area contributed by atoms with Gasteiger partial charge in [0.1, 0.15) is 6.17 Å². The summed E-state index contributed by atoms with van der Waals surface area (Å²) in [5.41, 5.74) is 1.01. The van der Waals surface area contributed by atoms with E-state index in [0.717, 1.165) is 5.56 Å². The van der Waals surface area contributed by atoms with Gasteiger partial charge < -0.3 is 20.7 Å². The number of hydrogen-bond donors (Lipinski definition) is 3. The molecule has 0 aliphatic carbocycles. The van der Waals surface area contributed by atoms with Gasteiger partial charge in [0.2, 0.25) is 0 Å². The van der Waals surface area contributed by atoms with Crippen LogP contribution in [0, 0.1) is 5.92 Å². The van der Waals surface area contributed by atoms with Gasteiger partial charge in [-0.1, -0.05) is 44.2 Å². The molecule has 1 aromatic carbocycles. The van der Waals surface area contributed by atoms with E-state index in [1.54, 1.807) is 0 Å². The molecule has 0 aliphatic heterocycles. The molecule has 3 N–H and O–H groups in total. The van der Waals surface area contributed by atoms with Crippen molar-refractivity contribution >= 4 is 12.1 Å². The van der Waals surface area contributed by atoms with Crippen molar-refractivity contribution in [3.05, 3.63) is 35.9 Å². The van der Waals surface area contributed by atoms with Crippen LogP contribution < -0.4 is 16.0 Å². The quantitative estimate of drug-likeness (QED) is 0.704. The number of benzene rings is 1. The maximum Gasteiger partial charge on any atom is 0.408 e. The van der Waals surface area contributed by atoms with Crippen LogP contribution in [0.5, 0.6) is 0 Å². The minimum atomic E-state index is -0.566. The van der Waals surface area contributed by atoms with Gasteiger partial charge in [-0.15, -0.1) is 0 Å².